The van der Waals surface area contributed by atoms with Crippen LogP contribution in [0.2, 0.25) is 0 Å². The molecule has 8 heteroatoms. The van der Waals surface area contributed by atoms with Crippen molar-refractivity contribution in [3.8, 4) is 0 Å². The minimum absolute atomic E-state index is 0.0284. The highest BCUT2D eigenvalue weighted by Crippen LogP contribution is 2.32. The number of aryl methyl sites for hydroxylation is 1. The van der Waals surface area contributed by atoms with Crippen molar-refractivity contribution < 1.29 is 9.18 Å². The zero-order valence-corrected chi connectivity index (χ0v) is 19.7. The fourth-order valence-corrected chi connectivity index (χ4v) is 5.29. The Kier molecular flexibility index (Phi) is 6.06. The van der Waals surface area contributed by atoms with Crippen LogP contribution in [0.25, 0.3) is 11.0 Å². The summed E-state index contributed by atoms with van der Waals surface area (Å²) >= 11 is 0. The summed E-state index contributed by atoms with van der Waals surface area (Å²) in [6.45, 7) is 5.03. The van der Waals surface area contributed by atoms with E-state index in [-0.39, 0.29) is 17.7 Å². The summed E-state index contributed by atoms with van der Waals surface area (Å²) < 4.78 is 16.2. The van der Waals surface area contributed by atoms with Gasteiger partial charge in [-0.25, -0.2) is 9.37 Å². The van der Waals surface area contributed by atoms with Gasteiger partial charge in [0.15, 0.2) is 5.82 Å². The summed E-state index contributed by atoms with van der Waals surface area (Å²) in [7, 11) is 0. The smallest absolute Gasteiger partial charge is 0.288 e. The first-order valence-corrected chi connectivity index (χ1v) is 12.1. The van der Waals surface area contributed by atoms with Crippen molar-refractivity contribution in [1.29, 1.82) is 0 Å². The van der Waals surface area contributed by atoms with E-state index in [4.69, 9.17) is 0 Å². The minimum atomic E-state index is -0.716. The number of halogens is 1. The number of hydrogen-bond acceptors (Lipinski definition) is 6. The lowest BCUT2D eigenvalue weighted by molar-refractivity contribution is -0.121. The van der Waals surface area contributed by atoms with Gasteiger partial charge in [-0.3, -0.25) is 14.2 Å². The van der Waals surface area contributed by atoms with Crippen molar-refractivity contribution >= 4 is 34.1 Å². The van der Waals surface area contributed by atoms with Gasteiger partial charge in [-0.05, 0) is 63.8 Å². The van der Waals surface area contributed by atoms with E-state index in [1.165, 1.54) is 4.57 Å². The van der Waals surface area contributed by atoms with Crippen molar-refractivity contribution in [1.82, 2.24) is 14.5 Å². The SMILES string of the molecule is CC(=O)C1CCN(c2ccc(Nc3ncc4c(C)c(F)c(=O)n(C5CCCC5)c4n3)cc2)CC1. The quantitative estimate of drug-likeness (QED) is 0.580. The Labute approximate surface area is 198 Å². The molecule has 3 heterocycles. The van der Waals surface area contributed by atoms with Crippen LogP contribution >= 0.6 is 0 Å². The highest BCUT2D eigenvalue weighted by Gasteiger charge is 2.25. The van der Waals surface area contributed by atoms with Gasteiger partial charge in [-0.15, -0.1) is 0 Å². The van der Waals surface area contributed by atoms with E-state index in [1.807, 2.05) is 24.3 Å². The average Bonchev–Trinajstić information content (AvgIpc) is 3.38. The Bertz CT molecular complexity index is 1270. The molecule has 0 atom stereocenters. The molecule has 178 valence electrons. The van der Waals surface area contributed by atoms with Crippen LogP contribution in [0.3, 0.4) is 0 Å². The van der Waals surface area contributed by atoms with Gasteiger partial charge in [0, 0.05) is 53.6 Å². The lowest BCUT2D eigenvalue weighted by atomic mass is 9.93. The van der Waals surface area contributed by atoms with Crippen molar-refractivity contribution in [2.75, 3.05) is 23.3 Å². The molecule has 1 aliphatic heterocycles. The van der Waals surface area contributed by atoms with Gasteiger partial charge in [-0.1, -0.05) is 12.8 Å². The lowest BCUT2D eigenvalue weighted by Gasteiger charge is -2.32. The number of aromatic nitrogens is 3. The van der Waals surface area contributed by atoms with Crippen LogP contribution in [0.4, 0.5) is 21.7 Å². The second kappa shape index (κ2) is 9.16. The summed E-state index contributed by atoms with van der Waals surface area (Å²) in [5.41, 5.74) is 2.12. The number of nitrogens with zero attached hydrogens (tertiary/aromatic N) is 4. The van der Waals surface area contributed by atoms with Crippen LogP contribution in [0, 0.1) is 18.7 Å². The molecule has 5 rings (SSSR count). The Balaban J connectivity index is 1.39. The van der Waals surface area contributed by atoms with E-state index < -0.39 is 11.4 Å². The van der Waals surface area contributed by atoms with Gasteiger partial charge < -0.3 is 10.2 Å². The first-order chi connectivity index (χ1) is 16.4. The second-order valence-corrected chi connectivity index (χ2v) is 9.53. The van der Waals surface area contributed by atoms with Crippen LogP contribution in [0.1, 0.15) is 57.1 Å². The summed E-state index contributed by atoms with van der Waals surface area (Å²) in [5, 5.41) is 3.79. The third-order valence-corrected chi connectivity index (χ3v) is 7.38. The number of carbonyl (C=O) groups is 1. The maximum absolute atomic E-state index is 14.6. The van der Waals surface area contributed by atoms with Crippen molar-refractivity contribution in [3.63, 3.8) is 0 Å². The van der Waals surface area contributed by atoms with Gasteiger partial charge in [0.05, 0.1) is 0 Å². The summed E-state index contributed by atoms with van der Waals surface area (Å²) in [6, 6.07) is 8.01. The highest BCUT2D eigenvalue weighted by molar-refractivity contribution is 5.80. The van der Waals surface area contributed by atoms with Crippen LogP contribution in [0.5, 0.6) is 0 Å². The van der Waals surface area contributed by atoms with Crippen LogP contribution in [-0.2, 0) is 4.79 Å². The van der Waals surface area contributed by atoms with Gasteiger partial charge in [-0.2, -0.15) is 4.98 Å². The molecule has 1 aliphatic carbocycles. The molecule has 0 amide bonds. The average molecular weight is 464 g/mol. The van der Waals surface area contributed by atoms with Crippen molar-refractivity contribution in [2.24, 2.45) is 5.92 Å². The number of hydrogen-bond donors (Lipinski definition) is 1. The Morgan fingerprint density at radius 2 is 1.76 bits per heavy atom. The molecule has 0 unspecified atom stereocenters. The number of benzene rings is 1. The Morgan fingerprint density at radius 3 is 2.41 bits per heavy atom. The zero-order chi connectivity index (χ0) is 23.8. The van der Waals surface area contributed by atoms with Crippen LogP contribution < -0.4 is 15.8 Å². The third-order valence-electron chi connectivity index (χ3n) is 7.38. The number of ketones is 1. The predicted molar refractivity (Wildman–Crippen MR) is 131 cm³/mol. The normalized spacial score (nSPS) is 17.4. The van der Waals surface area contributed by atoms with Crippen molar-refractivity contribution in [3.05, 3.63) is 52.2 Å². The molecule has 3 aromatic rings. The molecular formula is C26H30FN5O2. The standard InChI is InChI=1S/C26H30FN5O2/c1-16-22-15-28-26(30-24(22)32(25(34)23(16)27)21-5-3-4-6-21)29-19-7-9-20(10-8-19)31-13-11-18(12-14-31)17(2)33/h7-10,15,18,21H,3-6,11-14H2,1-2H3,(H,28,29,30). The number of pyridine rings is 1. The van der Waals surface area contributed by atoms with Gasteiger partial charge in [0.2, 0.25) is 5.95 Å². The van der Waals surface area contributed by atoms with Crippen molar-refractivity contribution in [2.45, 2.75) is 58.4 Å². The summed E-state index contributed by atoms with van der Waals surface area (Å²) in [5.74, 6) is 0.123. The Morgan fingerprint density at radius 1 is 1.09 bits per heavy atom. The molecule has 0 spiro atoms. The zero-order valence-electron chi connectivity index (χ0n) is 19.7. The van der Waals surface area contributed by atoms with E-state index >= 15 is 0 Å². The lowest BCUT2D eigenvalue weighted by Crippen LogP contribution is -2.35. The number of nitrogens with one attached hydrogen (secondary N) is 1. The van der Waals surface area contributed by atoms with Gasteiger partial charge in [0.25, 0.3) is 5.56 Å². The third kappa shape index (κ3) is 4.17. The van der Waals surface area contributed by atoms with E-state index in [9.17, 15) is 14.0 Å². The number of Topliss-reactive ketones (excluding diaryl/α,β-unsaturated/α-hetero) is 1. The molecule has 1 saturated heterocycles. The molecule has 2 fully saturated rings. The van der Waals surface area contributed by atoms with Crippen LogP contribution in [-0.4, -0.2) is 33.4 Å². The number of anilines is 3. The van der Waals surface area contributed by atoms with E-state index in [1.54, 1.807) is 20.0 Å². The number of carbonyl (C=O) groups excluding carboxylic acids is 1. The molecule has 1 N–H and O–H groups in total. The molecule has 34 heavy (non-hydrogen) atoms. The van der Waals surface area contributed by atoms with E-state index in [2.05, 4.69) is 20.2 Å². The fourth-order valence-electron chi connectivity index (χ4n) is 5.29. The number of rotatable bonds is 5. The molecule has 2 aliphatic rings. The first-order valence-electron chi connectivity index (χ1n) is 12.1. The monoisotopic (exact) mass is 463 g/mol. The van der Waals surface area contributed by atoms with E-state index in [0.717, 1.165) is 63.0 Å². The molecule has 2 aromatic heterocycles. The fraction of sp³-hybridized carbons (Fsp3) is 0.462. The molecule has 0 radical (unpaired) electrons. The van der Waals surface area contributed by atoms with E-state index in [0.29, 0.717) is 22.5 Å². The maximum Gasteiger partial charge on any atom is 0.288 e. The molecule has 7 nitrogen and oxygen atoms in total. The summed E-state index contributed by atoms with van der Waals surface area (Å²) in [4.78, 5) is 35.7. The minimum Gasteiger partial charge on any atom is -0.371 e. The second-order valence-electron chi connectivity index (χ2n) is 9.53. The van der Waals surface area contributed by atoms with Crippen LogP contribution in [0.15, 0.2) is 35.3 Å². The molecule has 1 aromatic carbocycles. The number of piperidine rings is 1. The first kappa shape index (κ1) is 22.5. The van der Waals surface area contributed by atoms with Gasteiger partial charge in [0.1, 0.15) is 11.4 Å². The molecule has 0 bridgehead atoms. The largest absolute Gasteiger partial charge is 0.371 e. The molecule has 1 saturated carbocycles. The highest BCUT2D eigenvalue weighted by atomic mass is 19.1. The Hall–Kier alpha value is -3.29. The summed E-state index contributed by atoms with van der Waals surface area (Å²) in [6.07, 6.45) is 7.16. The molecular weight excluding hydrogens is 433 g/mol. The number of fused-ring (bicyclic) bond motifs is 1. The topological polar surface area (TPSA) is 80.1 Å². The maximum atomic E-state index is 14.6. The van der Waals surface area contributed by atoms with Gasteiger partial charge >= 0.3 is 0 Å². The predicted octanol–water partition coefficient (Wildman–Crippen LogP) is 4.90.